The van der Waals surface area contributed by atoms with E-state index >= 15 is 0 Å². The van der Waals surface area contributed by atoms with Gasteiger partial charge in [-0.3, -0.25) is 14.5 Å². The minimum Gasteiger partial charge on any atom is -0.376 e. The average Bonchev–Trinajstić information content (AvgIpc) is 2.71. The van der Waals surface area contributed by atoms with Crippen LogP contribution >= 0.6 is 0 Å². The van der Waals surface area contributed by atoms with Gasteiger partial charge in [0.05, 0.1) is 12.1 Å². The number of rotatable bonds is 3. The summed E-state index contributed by atoms with van der Waals surface area (Å²) in [5.41, 5.74) is -0.200. The summed E-state index contributed by atoms with van der Waals surface area (Å²) < 4.78 is 5.72. The molecule has 0 radical (unpaired) electrons. The van der Waals surface area contributed by atoms with E-state index in [4.69, 9.17) is 4.74 Å². The van der Waals surface area contributed by atoms with Crippen molar-refractivity contribution >= 4 is 11.8 Å². The third-order valence-corrected chi connectivity index (χ3v) is 4.80. The maximum Gasteiger partial charge on any atom is 0.236 e. The molecule has 2 saturated heterocycles. The summed E-state index contributed by atoms with van der Waals surface area (Å²) in [6.07, 6.45) is 2.55. The predicted octanol–water partition coefficient (Wildman–Crippen LogP) is 0.814. The number of amides is 2. The second-order valence-corrected chi connectivity index (χ2v) is 7.54. The molecule has 132 valence electrons. The second-order valence-electron chi connectivity index (χ2n) is 7.54. The fourth-order valence-corrected chi connectivity index (χ4v) is 3.38. The van der Waals surface area contributed by atoms with Crippen LogP contribution in [0.1, 0.15) is 33.1 Å². The van der Waals surface area contributed by atoms with Gasteiger partial charge in [0.25, 0.3) is 0 Å². The molecular weight excluding hydrogens is 294 g/mol. The lowest BCUT2D eigenvalue weighted by atomic mass is 9.87. The summed E-state index contributed by atoms with van der Waals surface area (Å²) in [5, 5.41) is 0. The number of hydrogen-bond acceptors (Lipinski definition) is 4. The molecule has 2 heterocycles. The maximum atomic E-state index is 12.8. The lowest BCUT2D eigenvalue weighted by molar-refractivity contribution is -0.145. The monoisotopic (exact) mass is 325 g/mol. The summed E-state index contributed by atoms with van der Waals surface area (Å²) in [4.78, 5) is 30.4. The van der Waals surface area contributed by atoms with E-state index in [1.165, 1.54) is 0 Å². The highest BCUT2D eigenvalue weighted by Crippen LogP contribution is 2.30. The topological polar surface area (TPSA) is 53.1 Å². The standard InChI is InChI=1S/C17H31N3O3/c1-17(2)12-14(6-11-23-17)16(22)20-8-5-7-19(9-10-20)13-15(21)18(3)4/h14H,5-13H2,1-4H3. The summed E-state index contributed by atoms with van der Waals surface area (Å²) in [7, 11) is 3.56. The highest BCUT2D eigenvalue weighted by Gasteiger charge is 2.35. The summed E-state index contributed by atoms with van der Waals surface area (Å²) in [6, 6.07) is 0. The minimum absolute atomic E-state index is 0.0775. The lowest BCUT2D eigenvalue weighted by Gasteiger charge is -2.37. The molecule has 0 saturated carbocycles. The molecule has 0 aliphatic carbocycles. The summed E-state index contributed by atoms with van der Waals surface area (Å²) >= 11 is 0. The van der Waals surface area contributed by atoms with Crippen molar-refractivity contribution in [2.45, 2.75) is 38.7 Å². The fourth-order valence-electron chi connectivity index (χ4n) is 3.38. The largest absolute Gasteiger partial charge is 0.376 e. The fraction of sp³-hybridized carbons (Fsp3) is 0.882. The Morgan fingerprint density at radius 1 is 1.17 bits per heavy atom. The van der Waals surface area contributed by atoms with Crippen molar-refractivity contribution in [1.29, 1.82) is 0 Å². The van der Waals surface area contributed by atoms with Crippen LogP contribution in [0.5, 0.6) is 0 Å². The smallest absolute Gasteiger partial charge is 0.236 e. The van der Waals surface area contributed by atoms with Gasteiger partial charge in [-0.1, -0.05) is 0 Å². The Labute approximate surface area is 139 Å². The first-order valence-electron chi connectivity index (χ1n) is 8.64. The molecule has 0 spiro atoms. The summed E-state index contributed by atoms with van der Waals surface area (Å²) in [6.45, 7) is 8.40. The number of ether oxygens (including phenoxy) is 1. The van der Waals surface area contributed by atoms with Crippen LogP contribution in [-0.2, 0) is 14.3 Å². The van der Waals surface area contributed by atoms with Crippen molar-refractivity contribution in [3.05, 3.63) is 0 Å². The van der Waals surface area contributed by atoms with Gasteiger partial charge in [0, 0.05) is 52.8 Å². The van der Waals surface area contributed by atoms with E-state index in [0.29, 0.717) is 13.2 Å². The third-order valence-electron chi connectivity index (χ3n) is 4.80. The molecule has 2 aliphatic rings. The van der Waals surface area contributed by atoms with Crippen molar-refractivity contribution in [2.24, 2.45) is 5.92 Å². The number of likely N-dealkylation sites (N-methyl/N-ethyl adjacent to an activating group) is 1. The number of carbonyl (C=O) groups is 2. The Balaban J connectivity index is 1.87. The molecule has 2 aliphatic heterocycles. The van der Waals surface area contributed by atoms with Gasteiger partial charge in [-0.25, -0.2) is 0 Å². The Morgan fingerprint density at radius 2 is 1.91 bits per heavy atom. The molecule has 1 unspecified atom stereocenters. The second kappa shape index (κ2) is 7.62. The first-order valence-corrected chi connectivity index (χ1v) is 8.64. The van der Waals surface area contributed by atoms with E-state index in [2.05, 4.69) is 18.7 Å². The van der Waals surface area contributed by atoms with Crippen molar-refractivity contribution in [1.82, 2.24) is 14.7 Å². The summed E-state index contributed by atoms with van der Waals surface area (Å²) in [5.74, 6) is 0.465. The molecule has 2 rings (SSSR count). The number of carbonyl (C=O) groups excluding carboxylic acids is 2. The molecule has 2 fully saturated rings. The van der Waals surface area contributed by atoms with E-state index in [1.807, 2.05) is 4.90 Å². The highest BCUT2D eigenvalue weighted by atomic mass is 16.5. The van der Waals surface area contributed by atoms with Gasteiger partial charge in [0.1, 0.15) is 0 Å². The van der Waals surface area contributed by atoms with E-state index in [1.54, 1.807) is 19.0 Å². The van der Waals surface area contributed by atoms with Crippen LogP contribution in [-0.4, -0.2) is 85.5 Å². The first-order chi connectivity index (χ1) is 10.8. The van der Waals surface area contributed by atoms with Gasteiger partial charge in [-0.15, -0.1) is 0 Å². The zero-order valence-corrected chi connectivity index (χ0v) is 15.0. The van der Waals surface area contributed by atoms with Gasteiger partial charge in [0.15, 0.2) is 0 Å². The predicted molar refractivity (Wildman–Crippen MR) is 89.1 cm³/mol. The molecule has 0 N–H and O–H groups in total. The molecule has 6 heteroatoms. The molecule has 23 heavy (non-hydrogen) atoms. The van der Waals surface area contributed by atoms with Crippen LogP contribution in [0.15, 0.2) is 0 Å². The highest BCUT2D eigenvalue weighted by molar-refractivity contribution is 5.79. The van der Waals surface area contributed by atoms with Crippen LogP contribution in [0.25, 0.3) is 0 Å². The van der Waals surface area contributed by atoms with Gasteiger partial charge in [-0.05, 0) is 33.1 Å². The first kappa shape index (κ1) is 18.2. The molecule has 1 atom stereocenters. The molecule has 0 aromatic carbocycles. The Kier molecular flexibility index (Phi) is 6.03. The quantitative estimate of drug-likeness (QED) is 0.771. The van der Waals surface area contributed by atoms with E-state index in [-0.39, 0.29) is 23.3 Å². The molecule has 0 aromatic heterocycles. The maximum absolute atomic E-state index is 12.8. The Morgan fingerprint density at radius 3 is 2.57 bits per heavy atom. The minimum atomic E-state index is -0.200. The van der Waals surface area contributed by atoms with Crippen molar-refractivity contribution < 1.29 is 14.3 Å². The lowest BCUT2D eigenvalue weighted by Crippen LogP contribution is -2.45. The van der Waals surface area contributed by atoms with Crippen molar-refractivity contribution in [2.75, 3.05) is 53.4 Å². The number of hydrogen-bond donors (Lipinski definition) is 0. The van der Waals surface area contributed by atoms with Crippen LogP contribution < -0.4 is 0 Å². The van der Waals surface area contributed by atoms with Gasteiger partial charge >= 0.3 is 0 Å². The molecule has 0 aromatic rings. The zero-order valence-electron chi connectivity index (χ0n) is 15.0. The van der Waals surface area contributed by atoms with Crippen LogP contribution in [0.3, 0.4) is 0 Å². The normalized spacial score (nSPS) is 25.7. The van der Waals surface area contributed by atoms with Crippen LogP contribution in [0, 0.1) is 5.92 Å². The molecule has 0 bridgehead atoms. The molecular formula is C17H31N3O3. The van der Waals surface area contributed by atoms with E-state index in [0.717, 1.165) is 45.4 Å². The van der Waals surface area contributed by atoms with Crippen molar-refractivity contribution in [3.8, 4) is 0 Å². The third kappa shape index (κ3) is 5.18. The van der Waals surface area contributed by atoms with Gasteiger partial charge in [-0.2, -0.15) is 0 Å². The Bertz CT molecular complexity index is 437. The van der Waals surface area contributed by atoms with Crippen LogP contribution in [0.4, 0.5) is 0 Å². The Hall–Kier alpha value is -1.14. The molecule has 2 amide bonds. The van der Waals surface area contributed by atoms with Gasteiger partial charge in [0.2, 0.25) is 11.8 Å². The van der Waals surface area contributed by atoms with E-state index < -0.39 is 0 Å². The van der Waals surface area contributed by atoms with Gasteiger partial charge < -0.3 is 14.5 Å². The van der Waals surface area contributed by atoms with E-state index in [9.17, 15) is 9.59 Å². The SMILES string of the molecule is CN(C)C(=O)CN1CCCN(C(=O)C2CCOC(C)(C)C2)CC1. The zero-order chi connectivity index (χ0) is 17.0. The average molecular weight is 325 g/mol. The van der Waals surface area contributed by atoms with Crippen LogP contribution in [0.2, 0.25) is 0 Å². The number of nitrogens with zero attached hydrogens (tertiary/aromatic N) is 3. The van der Waals surface area contributed by atoms with Crippen molar-refractivity contribution in [3.63, 3.8) is 0 Å². The molecule has 6 nitrogen and oxygen atoms in total.